The van der Waals surface area contributed by atoms with E-state index in [1.807, 2.05) is 12.1 Å². The summed E-state index contributed by atoms with van der Waals surface area (Å²) in [5.41, 5.74) is 3.04. The van der Waals surface area contributed by atoms with Gasteiger partial charge in [0.25, 0.3) is 0 Å². The van der Waals surface area contributed by atoms with E-state index in [2.05, 4.69) is 19.1 Å². The SMILES string of the molecule is CCCCc1ccc(N2CC(c3ccc(O)cc3)OC2=O)cc1. The minimum Gasteiger partial charge on any atom is -0.508 e. The van der Waals surface area contributed by atoms with E-state index in [1.165, 1.54) is 18.4 Å². The number of aromatic hydroxyl groups is 1. The number of nitrogens with zero attached hydrogens (tertiary/aromatic N) is 1. The van der Waals surface area contributed by atoms with Crippen molar-refractivity contribution in [1.82, 2.24) is 0 Å². The zero-order chi connectivity index (χ0) is 16.2. The third-order valence-electron chi connectivity index (χ3n) is 4.14. The topological polar surface area (TPSA) is 49.8 Å². The fraction of sp³-hybridized carbons (Fsp3) is 0.316. The summed E-state index contributed by atoms with van der Waals surface area (Å²) >= 11 is 0. The van der Waals surface area contributed by atoms with Crippen molar-refractivity contribution < 1.29 is 14.6 Å². The van der Waals surface area contributed by atoms with Crippen molar-refractivity contribution in [3.05, 3.63) is 59.7 Å². The standard InChI is InChI=1S/C19H21NO3/c1-2-3-4-14-5-9-16(10-6-14)20-13-18(23-19(20)22)15-7-11-17(21)12-8-15/h5-12,18,21H,2-4,13H2,1H3. The molecule has 1 N–H and O–H groups in total. The van der Waals surface area contributed by atoms with Crippen molar-refractivity contribution in [3.63, 3.8) is 0 Å². The number of hydrogen-bond acceptors (Lipinski definition) is 3. The Morgan fingerprint density at radius 2 is 1.83 bits per heavy atom. The van der Waals surface area contributed by atoms with Crippen LogP contribution < -0.4 is 4.90 Å². The number of ether oxygens (including phenoxy) is 1. The summed E-state index contributed by atoms with van der Waals surface area (Å²) in [6.45, 7) is 2.66. The molecule has 0 spiro atoms. The van der Waals surface area contributed by atoms with E-state index in [4.69, 9.17) is 4.74 Å². The van der Waals surface area contributed by atoms with Crippen molar-refractivity contribution >= 4 is 11.8 Å². The number of anilines is 1. The maximum Gasteiger partial charge on any atom is 0.415 e. The second-order valence-corrected chi connectivity index (χ2v) is 5.84. The lowest BCUT2D eigenvalue weighted by Crippen LogP contribution is -2.23. The zero-order valence-corrected chi connectivity index (χ0v) is 13.2. The number of hydrogen-bond donors (Lipinski definition) is 1. The molecule has 0 bridgehead atoms. The summed E-state index contributed by atoms with van der Waals surface area (Å²) in [7, 11) is 0. The van der Waals surface area contributed by atoms with E-state index in [-0.39, 0.29) is 17.9 Å². The molecular formula is C19H21NO3. The van der Waals surface area contributed by atoms with Crippen LogP contribution in [0.2, 0.25) is 0 Å². The van der Waals surface area contributed by atoms with Gasteiger partial charge in [0.15, 0.2) is 0 Å². The van der Waals surface area contributed by atoms with Crippen LogP contribution in [-0.2, 0) is 11.2 Å². The van der Waals surface area contributed by atoms with Crippen LogP contribution in [0.1, 0.15) is 37.0 Å². The first-order valence-corrected chi connectivity index (χ1v) is 8.03. The average Bonchev–Trinajstić information content (AvgIpc) is 2.96. The fourth-order valence-electron chi connectivity index (χ4n) is 2.76. The molecule has 4 heteroatoms. The molecular weight excluding hydrogens is 290 g/mol. The van der Waals surface area contributed by atoms with Crippen LogP contribution in [0.15, 0.2) is 48.5 Å². The van der Waals surface area contributed by atoms with Gasteiger partial charge in [0.2, 0.25) is 0 Å². The number of cyclic esters (lactones) is 1. The van der Waals surface area contributed by atoms with Crippen LogP contribution in [0, 0.1) is 0 Å². The lowest BCUT2D eigenvalue weighted by molar-refractivity contribution is 0.142. The second-order valence-electron chi connectivity index (χ2n) is 5.84. The molecule has 0 saturated carbocycles. The van der Waals surface area contributed by atoms with Crippen molar-refractivity contribution in [2.24, 2.45) is 0 Å². The van der Waals surface area contributed by atoms with Crippen molar-refractivity contribution in [3.8, 4) is 5.75 Å². The average molecular weight is 311 g/mol. The van der Waals surface area contributed by atoms with Crippen LogP contribution in [0.4, 0.5) is 10.5 Å². The van der Waals surface area contributed by atoms with Gasteiger partial charge in [0.05, 0.1) is 6.54 Å². The number of benzene rings is 2. The Kier molecular flexibility index (Phi) is 4.51. The minimum atomic E-state index is -0.329. The van der Waals surface area contributed by atoms with Crippen LogP contribution in [0.25, 0.3) is 0 Å². The van der Waals surface area contributed by atoms with Crippen LogP contribution in [0.5, 0.6) is 5.75 Å². The van der Waals surface area contributed by atoms with E-state index in [0.29, 0.717) is 6.54 Å². The second kappa shape index (κ2) is 6.73. The summed E-state index contributed by atoms with van der Waals surface area (Å²) in [5.74, 6) is 0.206. The Hall–Kier alpha value is -2.49. The molecule has 0 aromatic heterocycles. The maximum absolute atomic E-state index is 12.1. The molecule has 2 aromatic carbocycles. The number of aryl methyl sites for hydroxylation is 1. The normalized spacial score (nSPS) is 17.3. The largest absolute Gasteiger partial charge is 0.508 e. The molecule has 1 saturated heterocycles. The smallest absolute Gasteiger partial charge is 0.415 e. The highest BCUT2D eigenvalue weighted by atomic mass is 16.6. The number of phenols is 1. The highest BCUT2D eigenvalue weighted by Crippen LogP contribution is 2.31. The number of amides is 1. The van der Waals surface area contributed by atoms with Crippen LogP contribution in [-0.4, -0.2) is 17.7 Å². The van der Waals surface area contributed by atoms with Gasteiger partial charge >= 0.3 is 6.09 Å². The third-order valence-corrected chi connectivity index (χ3v) is 4.14. The number of carbonyl (C=O) groups is 1. The summed E-state index contributed by atoms with van der Waals surface area (Å²) < 4.78 is 5.45. The molecule has 1 unspecified atom stereocenters. The molecule has 0 radical (unpaired) electrons. The Morgan fingerprint density at radius 1 is 1.13 bits per heavy atom. The molecule has 1 fully saturated rings. The van der Waals surface area contributed by atoms with Gasteiger partial charge in [-0.15, -0.1) is 0 Å². The lowest BCUT2D eigenvalue weighted by atomic mass is 10.1. The van der Waals surface area contributed by atoms with Crippen molar-refractivity contribution in [2.75, 3.05) is 11.4 Å². The molecule has 1 amide bonds. The molecule has 1 aliphatic heterocycles. The first-order valence-electron chi connectivity index (χ1n) is 8.03. The van der Waals surface area contributed by atoms with E-state index < -0.39 is 0 Å². The van der Waals surface area contributed by atoms with Crippen LogP contribution >= 0.6 is 0 Å². The van der Waals surface area contributed by atoms with Crippen LogP contribution in [0.3, 0.4) is 0 Å². The van der Waals surface area contributed by atoms with Gasteiger partial charge in [-0.3, -0.25) is 4.90 Å². The predicted octanol–water partition coefficient (Wildman–Crippen LogP) is 4.43. The molecule has 2 aromatic rings. The minimum absolute atomic E-state index is 0.206. The number of rotatable bonds is 5. The molecule has 1 atom stereocenters. The molecule has 120 valence electrons. The van der Waals surface area contributed by atoms with Gasteiger partial charge in [-0.2, -0.15) is 0 Å². The van der Waals surface area contributed by atoms with Gasteiger partial charge in [0, 0.05) is 5.69 Å². The maximum atomic E-state index is 12.1. The van der Waals surface area contributed by atoms with Gasteiger partial charge < -0.3 is 9.84 Å². The van der Waals surface area contributed by atoms with E-state index in [0.717, 1.165) is 17.7 Å². The van der Waals surface area contributed by atoms with E-state index in [1.54, 1.807) is 29.2 Å². The molecule has 3 rings (SSSR count). The van der Waals surface area contributed by atoms with E-state index in [9.17, 15) is 9.90 Å². The Balaban J connectivity index is 1.71. The van der Waals surface area contributed by atoms with E-state index >= 15 is 0 Å². The molecule has 0 aliphatic carbocycles. The third kappa shape index (κ3) is 3.47. The first-order chi connectivity index (χ1) is 11.2. The molecule has 1 heterocycles. The quantitative estimate of drug-likeness (QED) is 0.888. The Bertz CT molecular complexity index is 664. The molecule has 1 aliphatic rings. The molecule has 4 nitrogen and oxygen atoms in total. The van der Waals surface area contributed by atoms with Gasteiger partial charge in [-0.1, -0.05) is 37.6 Å². The zero-order valence-electron chi connectivity index (χ0n) is 13.2. The number of unbranched alkanes of at least 4 members (excludes halogenated alkanes) is 1. The Morgan fingerprint density at radius 3 is 2.48 bits per heavy atom. The van der Waals surface area contributed by atoms with Crippen molar-refractivity contribution in [2.45, 2.75) is 32.3 Å². The number of carbonyl (C=O) groups excluding carboxylic acids is 1. The highest BCUT2D eigenvalue weighted by molar-refractivity contribution is 5.89. The summed E-state index contributed by atoms with van der Waals surface area (Å²) in [6, 6.07) is 14.9. The predicted molar refractivity (Wildman–Crippen MR) is 89.7 cm³/mol. The Labute approximate surface area is 136 Å². The molecule has 23 heavy (non-hydrogen) atoms. The monoisotopic (exact) mass is 311 g/mol. The summed E-state index contributed by atoms with van der Waals surface area (Å²) in [6.07, 6.45) is 2.78. The highest BCUT2D eigenvalue weighted by Gasteiger charge is 2.33. The van der Waals surface area contributed by atoms with Crippen molar-refractivity contribution in [1.29, 1.82) is 0 Å². The number of phenolic OH excluding ortho intramolecular Hbond substituents is 1. The van der Waals surface area contributed by atoms with Gasteiger partial charge in [-0.05, 0) is 48.2 Å². The fourth-order valence-corrected chi connectivity index (χ4v) is 2.76. The summed E-state index contributed by atoms with van der Waals surface area (Å²) in [5, 5.41) is 9.35. The first kappa shape index (κ1) is 15.4. The van der Waals surface area contributed by atoms with Gasteiger partial charge in [0.1, 0.15) is 11.9 Å². The van der Waals surface area contributed by atoms with Gasteiger partial charge in [-0.25, -0.2) is 4.79 Å². The lowest BCUT2D eigenvalue weighted by Gasteiger charge is -2.13. The summed E-state index contributed by atoms with van der Waals surface area (Å²) in [4.78, 5) is 13.8.